The van der Waals surface area contributed by atoms with Crippen LogP contribution in [-0.2, 0) is 14.6 Å². The third kappa shape index (κ3) is 4.34. The van der Waals surface area contributed by atoms with Crippen LogP contribution in [0.15, 0.2) is 47.4 Å². The molecule has 1 unspecified atom stereocenters. The van der Waals surface area contributed by atoms with Gasteiger partial charge in [-0.2, -0.15) is 0 Å². The van der Waals surface area contributed by atoms with Crippen LogP contribution in [0.3, 0.4) is 0 Å². The first-order valence-corrected chi connectivity index (χ1v) is 12.1. The number of fused-ring (bicyclic) bond motifs is 1. The van der Waals surface area contributed by atoms with E-state index in [0.29, 0.717) is 29.4 Å². The Morgan fingerprint density at radius 2 is 2.00 bits per heavy atom. The average molecular weight is 431 g/mol. The Kier molecular flexibility index (Phi) is 5.42. The Labute approximate surface area is 174 Å². The van der Waals surface area contributed by atoms with Crippen molar-refractivity contribution in [2.45, 2.75) is 30.8 Å². The quantitative estimate of drug-likeness (QED) is 0.615. The summed E-state index contributed by atoms with van der Waals surface area (Å²) in [5.41, 5.74) is 2.34. The number of amides is 1. The van der Waals surface area contributed by atoms with Crippen molar-refractivity contribution in [3.63, 3.8) is 0 Å². The van der Waals surface area contributed by atoms with Gasteiger partial charge in [0.25, 0.3) is 5.91 Å². The molecular formula is C21H22N2O4S2. The van der Waals surface area contributed by atoms with Crippen molar-refractivity contribution in [3.05, 3.63) is 53.6 Å². The number of aryl methyl sites for hydroxylation is 1. The molecule has 1 aliphatic heterocycles. The van der Waals surface area contributed by atoms with Gasteiger partial charge < -0.3 is 4.74 Å². The summed E-state index contributed by atoms with van der Waals surface area (Å²) in [5.74, 6) is -0.136. The van der Waals surface area contributed by atoms with E-state index in [2.05, 4.69) is 4.98 Å². The highest BCUT2D eigenvalue weighted by Crippen LogP contribution is 2.32. The van der Waals surface area contributed by atoms with Gasteiger partial charge in [-0.25, -0.2) is 13.4 Å². The molecule has 6 nitrogen and oxygen atoms in total. The summed E-state index contributed by atoms with van der Waals surface area (Å²) in [7, 11) is -3.31. The first-order valence-electron chi connectivity index (χ1n) is 9.42. The Balaban J connectivity index is 1.73. The third-order valence-corrected chi connectivity index (χ3v) is 7.11. The molecule has 0 radical (unpaired) electrons. The zero-order valence-electron chi connectivity index (χ0n) is 16.3. The fourth-order valence-corrected chi connectivity index (χ4v) is 5.06. The number of nitrogens with zero attached hydrogens (tertiary/aromatic N) is 2. The lowest BCUT2D eigenvalue weighted by atomic mass is 10.1. The van der Waals surface area contributed by atoms with Crippen LogP contribution in [0.2, 0.25) is 0 Å². The van der Waals surface area contributed by atoms with Gasteiger partial charge in [-0.05, 0) is 50.1 Å². The fourth-order valence-electron chi connectivity index (χ4n) is 3.33. The van der Waals surface area contributed by atoms with Crippen molar-refractivity contribution in [2.75, 3.05) is 24.3 Å². The van der Waals surface area contributed by atoms with Crippen LogP contribution in [0, 0.1) is 6.92 Å². The van der Waals surface area contributed by atoms with E-state index in [4.69, 9.17) is 4.74 Å². The molecule has 1 saturated heterocycles. The summed E-state index contributed by atoms with van der Waals surface area (Å²) in [6.07, 6.45) is 3.04. The Morgan fingerprint density at radius 1 is 1.24 bits per heavy atom. The van der Waals surface area contributed by atoms with Crippen molar-refractivity contribution in [1.82, 2.24) is 4.98 Å². The molecular weight excluding hydrogens is 408 g/mol. The highest BCUT2D eigenvalue weighted by molar-refractivity contribution is 7.90. The minimum absolute atomic E-state index is 0.0250. The maximum absolute atomic E-state index is 13.3. The number of anilines is 1. The van der Waals surface area contributed by atoms with E-state index in [1.54, 1.807) is 23.1 Å². The van der Waals surface area contributed by atoms with Crippen LogP contribution in [0.5, 0.6) is 0 Å². The topological polar surface area (TPSA) is 76.6 Å². The largest absolute Gasteiger partial charge is 0.376 e. The van der Waals surface area contributed by atoms with Crippen LogP contribution in [0.25, 0.3) is 10.2 Å². The lowest BCUT2D eigenvalue weighted by molar-refractivity contribution is 0.0917. The SMILES string of the molecule is Cc1ccc(C(=O)N(CC2CCCO2)c2nc3ccc(S(C)(=O)=O)cc3s2)cc1. The molecule has 3 aromatic rings. The van der Waals surface area contributed by atoms with E-state index in [1.807, 2.05) is 31.2 Å². The van der Waals surface area contributed by atoms with Gasteiger partial charge in [-0.3, -0.25) is 9.69 Å². The molecule has 0 bridgehead atoms. The van der Waals surface area contributed by atoms with E-state index in [-0.39, 0.29) is 16.9 Å². The zero-order valence-corrected chi connectivity index (χ0v) is 17.9. The summed E-state index contributed by atoms with van der Waals surface area (Å²) in [6, 6.07) is 12.3. The van der Waals surface area contributed by atoms with Gasteiger partial charge >= 0.3 is 0 Å². The van der Waals surface area contributed by atoms with E-state index >= 15 is 0 Å². The molecule has 152 valence electrons. The van der Waals surface area contributed by atoms with Gasteiger partial charge in [0.05, 0.1) is 27.8 Å². The average Bonchev–Trinajstić information content (AvgIpc) is 3.34. The number of rotatable bonds is 5. The number of thiazole rings is 1. The van der Waals surface area contributed by atoms with Gasteiger partial charge in [0.15, 0.2) is 15.0 Å². The molecule has 1 aliphatic rings. The van der Waals surface area contributed by atoms with E-state index in [0.717, 1.165) is 23.1 Å². The standard InChI is InChI=1S/C21H22N2O4S2/c1-14-5-7-15(8-6-14)20(24)23(13-16-4-3-11-27-16)21-22-18-10-9-17(29(2,25)26)12-19(18)28-21/h5-10,12,16H,3-4,11,13H2,1-2H3. The summed E-state index contributed by atoms with van der Waals surface area (Å²) < 4.78 is 30.2. The highest BCUT2D eigenvalue weighted by atomic mass is 32.2. The number of benzene rings is 2. The van der Waals surface area contributed by atoms with Crippen molar-refractivity contribution in [1.29, 1.82) is 0 Å². The number of carbonyl (C=O) groups is 1. The maximum Gasteiger partial charge on any atom is 0.260 e. The molecule has 1 atom stereocenters. The first-order chi connectivity index (χ1) is 13.8. The minimum Gasteiger partial charge on any atom is -0.376 e. The molecule has 0 spiro atoms. The van der Waals surface area contributed by atoms with E-state index in [9.17, 15) is 13.2 Å². The van der Waals surface area contributed by atoms with Crippen LogP contribution >= 0.6 is 11.3 Å². The van der Waals surface area contributed by atoms with Crippen LogP contribution in [0.4, 0.5) is 5.13 Å². The van der Waals surface area contributed by atoms with Crippen molar-refractivity contribution in [2.24, 2.45) is 0 Å². The summed E-state index contributed by atoms with van der Waals surface area (Å²) in [6.45, 7) is 3.10. The second-order valence-corrected chi connectivity index (χ2v) is 10.3. The third-order valence-electron chi connectivity index (χ3n) is 4.96. The van der Waals surface area contributed by atoms with Crippen molar-refractivity contribution >= 4 is 42.4 Å². The molecule has 1 fully saturated rings. The summed E-state index contributed by atoms with van der Waals surface area (Å²) in [4.78, 5) is 19.8. The number of aromatic nitrogens is 1. The maximum atomic E-state index is 13.3. The fraction of sp³-hybridized carbons (Fsp3) is 0.333. The Hall–Kier alpha value is -2.29. The molecule has 0 aliphatic carbocycles. The van der Waals surface area contributed by atoms with E-state index < -0.39 is 9.84 Å². The second-order valence-electron chi connectivity index (χ2n) is 7.31. The van der Waals surface area contributed by atoms with Crippen molar-refractivity contribution < 1.29 is 17.9 Å². The highest BCUT2D eigenvalue weighted by Gasteiger charge is 2.27. The van der Waals surface area contributed by atoms with Gasteiger partial charge in [-0.15, -0.1) is 0 Å². The van der Waals surface area contributed by atoms with Gasteiger partial charge in [0.2, 0.25) is 0 Å². The van der Waals surface area contributed by atoms with Gasteiger partial charge in [0, 0.05) is 18.4 Å². The Bertz CT molecular complexity index is 1150. The second kappa shape index (κ2) is 7.85. The van der Waals surface area contributed by atoms with Crippen LogP contribution in [0.1, 0.15) is 28.8 Å². The number of hydrogen-bond acceptors (Lipinski definition) is 6. The van der Waals surface area contributed by atoms with Crippen LogP contribution in [-0.4, -0.2) is 44.8 Å². The number of carbonyl (C=O) groups excluding carboxylic acids is 1. The lowest BCUT2D eigenvalue weighted by Gasteiger charge is -2.23. The van der Waals surface area contributed by atoms with Crippen molar-refractivity contribution in [3.8, 4) is 0 Å². The molecule has 2 aromatic carbocycles. The summed E-state index contributed by atoms with van der Waals surface area (Å²) in [5, 5.41) is 0.548. The number of sulfone groups is 1. The monoisotopic (exact) mass is 430 g/mol. The van der Waals surface area contributed by atoms with E-state index in [1.165, 1.54) is 17.6 Å². The smallest absolute Gasteiger partial charge is 0.260 e. The van der Waals surface area contributed by atoms with Gasteiger partial charge in [0.1, 0.15) is 0 Å². The lowest BCUT2D eigenvalue weighted by Crippen LogP contribution is -2.37. The summed E-state index contributed by atoms with van der Waals surface area (Å²) >= 11 is 1.32. The predicted octanol–water partition coefficient (Wildman–Crippen LogP) is 3.83. The molecule has 4 rings (SSSR count). The molecule has 29 heavy (non-hydrogen) atoms. The molecule has 1 aromatic heterocycles. The normalized spacial score (nSPS) is 17.0. The number of ether oxygens (including phenoxy) is 1. The Morgan fingerprint density at radius 3 is 2.66 bits per heavy atom. The molecule has 0 N–H and O–H groups in total. The minimum atomic E-state index is -3.31. The first kappa shape index (κ1) is 20.0. The molecule has 1 amide bonds. The van der Waals surface area contributed by atoms with Gasteiger partial charge in [-0.1, -0.05) is 29.0 Å². The molecule has 2 heterocycles. The van der Waals surface area contributed by atoms with Crippen LogP contribution < -0.4 is 4.90 Å². The molecule has 8 heteroatoms. The molecule has 0 saturated carbocycles. The number of hydrogen-bond donors (Lipinski definition) is 0. The predicted molar refractivity (Wildman–Crippen MR) is 115 cm³/mol. The zero-order chi connectivity index (χ0) is 20.6.